The van der Waals surface area contributed by atoms with Crippen LogP contribution in [0.25, 0.3) is 0 Å². The molecule has 0 atom stereocenters. The first-order valence-electron chi connectivity index (χ1n) is 8.94. The van der Waals surface area contributed by atoms with Gasteiger partial charge in [0.2, 0.25) is 0 Å². The molecule has 3 rings (SSSR count). The standard InChI is InChI=1S/C18H27N5O2/c1-14(2)18-16(19-13-25-18)12-22-8-6-21(7-9-22)10-11-23-17(24)5-4-15(3)20-23/h4-5,13-14H,6-12H2,1-3H3. The molecule has 0 aromatic carbocycles. The number of rotatable bonds is 6. The van der Waals surface area contributed by atoms with Crippen LogP contribution < -0.4 is 5.56 Å². The van der Waals surface area contributed by atoms with E-state index in [9.17, 15) is 4.79 Å². The minimum atomic E-state index is -0.0310. The van der Waals surface area contributed by atoms with E-state index in [4.69, 9.17) is 4.42 Å². The number of piperazine rings is 1. The predicted molar refractivity (Wildman–Crippen MR) is 95.5 cm³/mol. The summed E-state index contributed by atoms with van der Waals surface area (Å²) in [5.74, 6) is 1.35. The van der Waals surface area contributed by atoms with Crippen molar-refractivity contribution in [2.75, 3.05) is 32.7 Å². The molecule has 0 unspecified atom stereocenters. The van der Waals surface area contributed by atoms with E-state index in [1.165, 1.54) is 0 Å². The van der Waals surface area contributed by atoms with Gasteiger partial charge in [-0.1, -0.05) is 13.8 Å². The lowest BCUT2D eigenvalue weighted by Crippen LogP contribution is -2.47. The summed E-state index contributed by atoms with van der Waals surface area (Å²) in [7, 11) is 0. The molecule has 0 bridgehead atoms. The molecule has 0 saturated carbocycles. The van der Waals surface area contributed by atoms with Gasteiger partial charge in [-0.2, -0.15) is 5.10 Å². The third kappa shape index (κ3) is 4.55. The van der Waals surface area contributed by atoms with Gasteiger partial charge in [-0.3, -0.25) is 14.6 Å². The Labute approximate surface area is 148 Å². The second kappa shape index (κ2) is 7.93. The summed E-state index contributed by atoms with van der Waals surface area (Å²) < 4.78 is 7.07. The first-order chi connectivity index (χ1) is 12.0. The maximum atomic E-state index is 11.8. The number of aryl methyl sites for hydroxylation is 1. The molecule has 0 amide bonds. The van der Waals surface area contributed by atoms with Crippen molar-refractivity contribution in [3.63, 3.8) is 0 Å². The maximum Gasteiger partial charge on any atom is 0.266 e. The smallest absolute Gasteiger partial charge is 0.266 e. The molecule has 1 fully saturated rings. The van der Waals surface area contributed by atoms with Gasteiger partial charge in [0.25, 0.3) is 5.56 Å². The lowest BCUT2D eigenvalue weighted by Gasteiger charge is -2.34. The zero-order chi connectivity index (χ0) is 17.8. The third-order valence-corrected chi connectivity index (χ3v) is 4.66. The highest BCUT2D eigenvalue weighted by molar-refractivity contribution is 5.11. The van der Waals surface area contributed by atoms with Gasteiger partial charge in [0, 0.05) is 51.3 Å². The Morgan fingerprint density at radius 1 is 1.12 bits per heavy atom. The van der Waals surface area contributed by atoms with Gasteiger partial charge in [0.15, 0.2) is 6.39 Å². The Bertz CT molecular complexity index is 744. The maximum absolute atomic E-state index is 11.8. The zero-order valence-corrected chi connectivity index (χ0v) is 15.3. The van der Waals surface area contributed by atoms with E-state index in [-0.39, 0.29) is 5.56 Å². The van der Waals surface area contributed by atoms with Crippen molar-refractivity contribution in [2.24, 2.45) is 0 Å². The molecule has 1 saturated heterocycles. The monoisotopic (exact) mass is 345 g/mol. The van der Waals surface area contributed by atoms with Crippen LogP contribution in [0.2, 0.25) is 0 Å². The van der Waals surface area contributed by atoms with Crippen molar-refractivity contribution >= 4 is 0 Å². The van der Waals surface area contributed by atoms with Crippen molar-refractivity contribution in [3.8, 4) is 0 Å². The summed E-state index contributed by atoms with van der Waals surface area (Å²) in [5, 5.41) is 4.30. The number of oxazole rings is 1. The van der Waals surface area contributed by atoms with Crippen LogP contribution >= 0.6 is 0 Å². The minimum Gasteiger partial charge on any atom is -0.448 e. The van der Waals surface area contributed by atoms with E-state index < -0.39 is 0 Å². The summed E-state index contributed by atoms with van der Waals surface area (Å²) in [4.78, 5) is 21.0. The molecule has 0 spiro atoms. The van der Waals surface area contributed by atoms with Crippen LogP contribution in [0.15, 0.2) is 27.7 Å². The minimum absolute atomic E-state index is 0.0310. The highest BCUT2D eigenvalue weighted by Crippen LogP contribution is 2.20. The second-order valence-corrected chi connectivity index (χ2v) is 6.97. The van der Waals surface area contributed by atoms with E-state index >= 15 is 0 Å². The van der Waals surface area contributed by atoms with Crippen molar-refractivity contribution in [1.82, 2.24) is 24.6 Å². The molecule has 2 aromatic heterocycles. The molecule has 7 heteroatoms. The number of aromatic nitrogens is 3. The fraction of sp³-hybridized carbons (Fsp3) is 0.611. The average molecular weight is 345 g/mol. The SMILES string of the molecule is Cc1ccc(=O)n(CCN2CCN(Cc3ncoc3C(C)C)CC2)n1. The van der Waals surface area contributed by atoms with E-state index in [0.717, 1.165) is 56.4 Å². The Morgan fingerprint density at radius 3 is 2.56 bits per heavy atom. The topological polar surface area (TPSA) is 67.4 Å². The van der Waals surface area contributed by atoms with Gasteiger partial charge in [-0.05, 0) is 13.0 Å². The van der Waals surface area contributed by atoms with E-state index in [0.29, 0.717) is 12.5 Å². The Hall–Kier alpha value is -1.99. The van der Waals surface area contributed by atoms with Crippen molar-refractivity contribution in [3.05, 3.63) is 46.0 Å². The molecule has 2 aromatic rings. The molecule has 7 nitrogen and oxygen atoms in total. The largest absolute Gasteiger partial charge is 0.448 e. The molecule has 0 aliphatic carbocycles. The van der Waals surface area contributed by atoms with Gasteiger partial charge in [-0.25, -0.2) is 9.67 Å². The normalized spacial score (nSPS) is 16.6. The summed E-state index contributed by atoms with van der Waals surface area (Å²) in [5.41, 5.74) is 1.90. The van der Waals surface area contributed by atoms with Gasteiger partial charge in [0.05, 0.1) is 17.9 Å². The molecule has 1 aliphatic rings. The quantitative estimate of drug-likeness (QED) is 0.790. The fourth-order valence-electron chi connectivity index (χ4n) is 3.20. The van der Waals surface area contributed by atoms with Gasteiger partial charge in [0.1, 0.15) is 5.76 Å². The predicted octanol–water partition coefficient (Wildman–Crippen LogP) is 1.48. The van der Waals surface area contributed by atoms with Gasteiger partial charge < -0.3 is 4.42 Å². The lowest BCUT2D eigenvalue weighted by molar-refractivity contribution is 0.121. The highest BCUT2D eigenvalue weighted by Gasteiger charge is 2.20. The molecular weight excluding hydrogens is 318 g/mol. The van der Waals surface area contributed by atoms with Crippen molar-refractivity contribution in [1.29, 1.82) is 0 Å². The second-order valence-electron chi connectivity index (χ2n) is 6.97. The first-order valence-corrected chi connectivity index (χ1v) is 8.94. The number of nitrogens with zero attached hydrogens (tertiary/aromatic N) is 5. The molecule has 0 N–H and O–H groups in total. The van der Waals surface area contributed by atoms with Crippen LogP contribution in [-0.4, -0.2) is 57.3 Å². The molecular formula is C18H27N5O2. The van der Waals surface area contributed by atoms with Gasteiger partial charge >= 0.3 is 0 Å². The van der Waals surface area contributed by atoms with Gasteiger partial charge in [-0.15, -0.1) is 0 Å². The molecule has 1 aliphatic heterocycles. The zero-order valence-electron chi connectivity index (χ0n) is 15.3. The van der Waals surface area contributed by atoms with Crippen LogP contribution in [0.4, 0.5) is 0 Å². The summed E-state index contributed by atoms with van der Waals surface area (Å²) >= 11 is 0. The molecule has 136 valence electrons. The third-order valence-electron chi connectivity index (χ3n) is 4.66. The van der Waals surface area contributed by atoms with Crippen LogP contribution in [-0.2, 0) is 13.1 Å². The first kappa shape index (κ1) is 17.8. The van der Waals surface area contributed by atoms with Crippen molar-refractivity contribution < 1.29 is 4.42 Å². The number of hydrogen-bond donors (Lipinski definition) is 0. The Morgan fingerprint density at radius 2 is 1.84 bits per heavy atom. The van der Waals surface area contributed by atoms with Crippen LogP contribution in [0.5, 0.6) is 0 Å². The van der Waals surface area contributed by atoms with Crippen molar-refractivity contribution in [2.45, 2.75) is 39.8 Å². The summed E-state index contributed by atoms with van der Waals surface area (Å²) in [6.45, 7) is 12.5. The summed E-state index contributed by atoms with van der Waals surface area (Å²) in [6.07, 6.45) is 1.55. The lowest BCUT2D eigenvalue weighted by atomic mass is 10.1. The highest BCUT2D eigenvalue weighted by atomic mass is 16.3. The van der Waals surface area contributed by atoms with Crippen LogP contribution in [0.3, 0.4) is 0 Å². The van der Waals surface area contributed by atoms with Crippen LogP contribution in [0.1, 0.15) is 36.9 Å². The fourth-order valence-corrected chi connectivity index (χ4v) is 3.20. The van der Waals surface area contributed by atoms with Crippen LogP contribution in [0, 0.1) is 6.92 Å². The van der Waals surface area contributed by atoms with E-state index in [2.05, 4.69) is 33.7 Å². The molecule has 25 heavy (non-hydrogen) atoms. The summed E-state index contributed by atoms with van der Waals surface area (Å²) in [6, 6.07) is 3.34. The molecule has 3 heterocycles. The average Bonchev–Trinajstić information content (AvgIpc) is 3.05. The van der Waals surface area contributed by atoms with E-state index in [1.54, 1.807) is 23.2 Å². The van der Waals surface area contributed by atoms with E-state index in [1.807, 2.05) is 6.92 Å². The molecule has 0 radical (unpaired) electrons. The Balaban J connectivity index is 1.48. The number of hydrogen-bond acceptors (Lipinski definition) is 6. The Kier molecular flexibility index (Phi) is 5.65.